The summed E-state index contributed by atoms with van der Waals surface area (Å²) in [5.41, 5.74) is 30.4. The average Bonchev–Trinajstić information content (AvgIpc) is 1.61. The van der Waals surface area contributed by atoms with Gasteiger partial charge in [0.05, 0.1) is 27.6 Å². The van der Waals surface area contributed by atoms with Crippen LogP contribution < -0.4 is 4.90 Å². The van der Waals surface area contributed by atoms with Crippen LogP contribution in [-0.4, -0.2) is 0 Å². The largest absolute Gasteiger partial charge is 0.309 e. The van der Waals surface area contributed by atoms with Crippen LogP contribution in [0.3, 0.4) is 0 Å². The topological polar surface area (TPSA) is 3.24 Å². The number of fused-ring (bicyclic) bond motifs is 16. The minimum atomic E-state index is -0.691. The van der Waals surface area contributed by atoms with Crippen molar-refractivity contribution in [2.45, 2.75) is 16.2 Å². The van der Waals surface area contributed by atoms with Crippen LogP contribution in [0.2, 0.25) is 0 Å². The zero-order chi connectivity index (χ0) is 56.3. The summed E-state index contributed by atoms with van der Waals surface area (Å²) >= 11 is 0. The molecule has 4 aliphatic carbocycles. The molecule has 0 saturated heterocycles. The maximum atomic E-state index is 4.17. The molecule has 0 aliphatic heterocycles. The van der Waals surface area contributed by atoms with Crippen LogP contribution >= 0.6 is 0 Å². The quantitative estimate of drug-likeness (QED) is 0.125. The van der Waals surface area contributed by atoms with Crippen molar-refractivity contribution in [1.82, 2.24) is 0 Å². The highest BCUT2D eigenvalue weighted by atomic mass is 15.2. The van der Waals surface area contributed by atoms with Gasteiger partial charge in [0, 0.05) is 16.8 Å². The maximum Gasteiger partial charge on any atom is 0.0726 e. The fraction of sp³-hybridized carbons (Fsp3) is 0.0361. The standard InChI is InChI=1S/C83H57N/c1-5-54-35-43-58(44-36-54)81(59-45-37-55(6-2)38-46-59)72-29-17-12-24-67(72)79-74(81)31-19-33-77(79)84(62-51-52-66-65-23-11-16-28-71(65)83(76(66)53-62)69-26-14-9-21-63(69)64-22-10-15-27-70(64)83)78-34-20-32-75-80(78)68-25-13-18-30-73(68)82(75,60-47-39-56(7-3)40-48-60)61-49-41-57(8-4)42-50-61/h5-53H,1-4H2. The van der Waals surface area contributed by atoms with Gasteiger partial charge in [-0.05, 0) is 147 Å². The Labute approximate surface area is 492 Å². The lowest BCUT2D eigenvalue weighted by atomic mass is 9.67. The van der Waals surface area contributed by atoms with E-state index < -0.39 is 16.2 Å². The van der Waals surface area contributed by atoms with Crippen molar-refractivity contribution < 1.29 is 0 Å². The first-order valence-corrected chi connectivity index (χ1v) is 29.1. The number of nitrogens with zero attached hydrogens (tertiary/aromatic N) is 1. The number of anilines is 3. The Morgan fingerprint density at radius 1 is 0.238 bits per heavy atom. The van der Waals surface area contributed by atoms with Crippen molar-refractivity contribution in [3.8, 4) is 44.5 Å². The molecule has 0 bridgehead atoms. The first kappa shape index (κ1) is 49.2. The Kier molecular flexibility index (Phi) is 11.0. The molecule has 0 fully saturated rings. The molecule has 0 aromatic heterocycles. The van der Waals surface area contributed by atoms with E-state index in [-0.39, 0.29) is 0 Å². The maximum absolute atomic E-state index is 4.17. The Morgan fingerprint density at radius 2 is 0.524 bits per heavy atom. The van der Waals surface area contributed by atoms with E-state index in [2.05, 4.69) is 304 Å². The van der Waals surface area contributed by atoms with Gasteiger partial charge in [-0.3, -0.25) is 0 Å². The van der Waals surface area contributed by atoms with Crippen LogP contribution in [0, 0.1) is 0 Å². The van der Waals surface area contributed by atoms with Crippen molar-refractivity contribution in [1.29, 1.82) is 0 Å². The van der Waals surface area contributed by atoms with Crippen LogP contribution in [0.25, 0.3) is 68.8 Å². The smallest absolute Gasteiger partial charge is 0.0726 e. The molecular formula is C83H57N. The summed E-state index contributed by atoms with van der Waals surface area (Å²) in [6, 6.07) is 103. The average molecular weight is 1070 g/mol. The number of hydrogen-bond acceptors (Lipinski definition) is 1. The van der Waals surface area contributed by atoms with E-state index >= 15 is 0 Å². The summed E-state index contributed by atoms with van der Waals surface area (Å²) < 4.78 is 0. The second-order valence-corrected chi connectivity index (χ2v) is 22.7. The lowest BCUT2D eigenvalue weighted by Gasteiger charge is -2.36. The predicted molar refractivity (Wildman–Crippen MR) is 352 cm³/mol. The highest BCUT2D eigenvalue weighted by molar-refractivity contribution is 6.04. The van der Waals surface area contributed by atoms with Crippen LogP contribution in [-0.2, 0) is 16.2 Å². The second-order valence-electron chi connectivity index (χ2n) is 22.7. The Hall–Kier alpha value is -10.6. The van der Waals surface area contributed by atoms with Gasteiger partial charge in [-0.1, -0.05) is 299 Å². The third-order valence-corrected chi connectivity index (χ3v) is 19.1. The summed E-state index contributed by atoms with van der Waals surface area (Å²) in [7, 11) is 0. The van der Waals surface area contributed by atoms with Gasteiger partial charge in [0.2, 0.25) is 0 Å². The van der Waals surface area contributed by atoms with Crippen molar-refractivity contribution >= 4 is 41.4 Å². The van der Waals surface area contributed by atoms with E-state index in [1.54, 1.807) is 0 Å². The zero-order valence-corrected chi connectivity index (χ0v) is 46.6. The molecule has 16 rings (SSSR count). The molecule has 1 nitrogen and oxygen atoms in total. The van der Waals surface area contributed by atoms with E-state index in [0.717, 1.165) is 39.3 Å². The third-order valence-electron chi connectivity index (χ3n) is 19.1. The van der Waals surface area contributed by atoms with Crippen molar-refractivity contribution in [2.24, 2.45) is 0 Å². The molecule has 1 spiro atoms. The second kappa shape index (κ2) is 18.7. The van der Waals surface area contributed by atoms with Crippen LogP contribution in [0.4, 0.5) is 17.1 Å². The van der Waals surface area contributed by atoms with Gasteiger partial charge < -0.3 is 4.90 Å². The van der Waals surface area contributed by atoms with Crippen LogP contribution in [0.1, 0.15) is 89.0 Å². The van der Waals surface area contributed by atoms with Gasteiger partial charge in [0.15, 0.2) is 0 Å². The summed E-state index contributed by atoms with van der Waals surface area (Å²) in [5, 5.41) is 0. The number of rotatable bonds is 11. The SMILES string of the molecule is C=Cc1ccc(C2(c3ccc(C=C)cc3)c3ccccc3-c3c(N(c4ccc5c(c4)C4(c6ccccc6-c6ccccc64)c4ccccc4-5)c4cccc5c4-c4ccccc4C5(c4ccc(C=C)cc4)c4ccc(C=C)cc4)cccc32)cc1. The van der Waals surface area contributed by atoms with Crippen LogP contribution in [0.15, 0.2) is 299 Å². The molecule has 12 aromatic carbocycles. The molecular weight excluding hydrogens is 1010 g/mol. The molecule has 0 unspecified atom stereocenters. The minimum Gasteiger partial charge on any atom is -0.309 e. The van der Waals surface area contributed by atoms with Gasteiger partial charge in [0.1, 0.15) is 0 Å². The molecule has 0 saturated carbocycles. The highest BCUT2D eigenvalue weighted by Gasteiger charge is 2.53. The number of benzene rings is 12. The van der Waals surface area contributed by atoms with Gasteiger partial charge in [0.25, 0.3) is 0 Å². The molecule has 84 heavy (non-hydrogen) atoms. The van der Waals surface area contributed by atoms with Crippen molar-refractivity contribution in [3.05, 3.63) is 388 Å². The monoisotopic (exact) mass is 1070 g/mol. The van der Waals surface area contributed by atoms with Gasteiger partial charge in [-0.25, -0.2) is 0 Å². The molecule has 0 heterocycles. The van der Waals surface area contributed by atoms with E-state index in [1.807, 2.05) is 24.3 Å². The predicted octanol–water partition coefficient (Wildman–Crippen LogP) is 20.8. The fourth-order valence-corrected chi connectivity index (χ4v) is 15.7. The summed E-state index contributed by atoms with van der Waals surface area (Å²) in [5.74, 6) is 0. The Balaban J connectivity index is 1.04. The van der Waals surface area contributed by atoms with Crippen molar-refractivity contribution in [2.75, 3.05) is 4.90 Å². The first-order valence-electron chi connectivity index (χ1n) is 29.1. The van der Waals surface area contributed by atoms with E-state index in [4.69, 9.17) is 0 Å². The molecule has 0 atom stereocenters. The van der Waals surface area contributed by atoms with E-state index in [1.165, 1.54) is 111 Å². The molecule has 0 N–H and O–H groups in total. The van der Waals surface area contributed by atoms with Gasteiger partial charge in [-0.2, -0.15) is 0 Å². The van der Waals surface area contributed by atoms with E-state index in [9.17, 15) is 0 Å². The first-order chi connectivity index (χ1) is 41.5. The molecule has 1 heteroatoms. The van der Waals surface area contributed by atoms with Gasteiger partial charge in [-0.15, -0.1) is 0 Å². The minimum absolute atomic E-state index is 0.564. The highest BCUT2D eigenvalue weighted by Crippen LogP contribution is 2.66. The Bertz CT molecular complexity index is 4350. The molecule has 12 aromatic rings. The van der Waals surface area contributed by atoms with Crippen molar-refractivity contribution in [3.63, 3.8) is 0 Å². The Morgan fingerprint density at radius 3 is 0.857 bits per heavy atom. The lowest BCUT2D eigenvalue weighted by Crippen LogP contribution is -2.29. The molecule has 394 valence electrons. The van der Waals surface area contributed by atoms with Crippen LogP contribution in [0.5, 0.6) is 0 Å². The molecule has 0 radical (unpaired) electrons. The summed E-state index contributed by atoms with van der Waals surface area (Å²) in [6.45, 7) is 16.7. The normalized spacial score (nSPS) is 14.2. The molecule has 0 amide bonds. The van der Waals surface area contributed by atoms with E-state index in [0.29, 0.717) is 0 Å². The zero-order valence-electron chi connectivity index (χ0n) is 46.6. The van der Waals surface area contributed by atoms with Gasteiger partial charge >= 0.3 is 0 Å². The third kappa shape index (κ3) is 6.50. The number of hydrogen-bond donors (Lipinski definition) is 0. The summed E-state index contributed by atoms with van der Waals surface area (Å²) in [4.78, 5) is 2.63. The molecule has 4 aliphatic rings. The lowest BCUT2D eigenvalue weighted by molar-refractivity contribution is 0.768. The fourth-order valence-electron chi connectivity index (χ4n) is 15.7. The summed E-state index contributed by atoms with van der Waals surface area (Å²) in [6.07, 6.45) is 7.73.